The Morgan fingerprint density at radius 2 is 1.81 bits per heavy atom. The van der Waals surface area contributed by atoms with E-state index < -0.39 is 21.8 Å². The van der Waals surface area contributed by atoms with Gasteiger partial charge in [-0.15, -0.1) is 0 Å². The molecule has 1 fully saturated rings. The van der Waals surface area contributed by atoms with Crippen LogP contribution in [0.1, 0.15) is 36.0 Å². The summed E-state index contributed by atoms with van der Waals surface area (Å²) in [7, 11) is -3.85. The molecule has 3 rings (SSSR count). The summed E-state index contributed by atoms with van der Waals surface area (Å²) in [5.41, 5.74) is 0.0979. The maximum absolute atomic E-state index is 14.1. The molecule has 0 radical (unpaired) electrons. The highest BCUT2D eigenvalue weighted by Crippen LogP contribution is 2.29. The minimum Gasteiger partial charge on any atom is -0.478 e. The summed E-state index contributed by atoms with van der Waals surface area (Å²) in [5.74, 6) is -1.92. The van der Waals surface area contributed by atoms with Crippen LogP contribution < -0.4 is 0 Å². The number of hydrogen-bond donors (Lipinski definition) is 1. The average molecular weight is 378 g/mol. The molecule has 0 aliphatic carbocycles. The molecule has 1 aliphatic heterocycles. The highest BCUT2D eigenvalue weighted by molar-refractivity contribution is 7.89. The second-order valence-corrected chi connectivity index (χ2v) is 8.16. The molecular weight excluding hydrogens is 359 g/mol. The summed E-state index contributed by atoms with van der Waals surface area (Å²) in [6.07, 6.45) is 5.84. The van der Waals surface area contributed by atoms with Gasteiger partial charge in [-0.05, 0) is 42.7 Å². The van der Waals surface area contributed by atoms with Crippen molar-refractivity contribution in [2.45, 2.75) is 30.6 Å². The van der Waals surface area contributed by atoms with Crippen molar-refractivity contribution in [1.29, 1.82) is 0 Å². The van der Waals surface area contributed by atoms with Gasteiger partial charge in [-0.1, -0.05) is 12.8 Å². The lowest BCUT2D eigenvalue weighted by Crippen LogP contribution is -2.32. The average Bonchev–Trinajstić information content (AvgIpc) is 2.91. The third kappa shape index (κ3) is 3.76. The molecule has 138 valence electrons. The third-order valence-electron chi connectivity index (χ3n) is 4.44. The molecule has 1 N–H and O–H groups in total. The van der Waals surface area contributed by atoms with Crippen LogP contribution >= 0.6 is 0 Å². The van der Waals surface area contributed by atoms with E-state index in [9.17, 15) is 22.7 Å². The molecule has 1 aromatic carbocycles. The zero-order valence-corrected chi connectivity index (χ0v) is 14.9. The SMILES string of the molecule is O=C(O)c1cc(-c2ccncc2F)cc(S(=O)(=O)N2CCCCCC2)c1. The molecule has 6 nitrogen and oxygen atoms in total. The second-order valence-electron chi connectivity index (χ2n) is 6.23. The predicted molar refractivity (Wildman–Crippen MR) is 93.8 cm³/mol. The molecule has 0 atom stereocenters. The Kier molecular flexibility index (Phi) is 5.33. The molecule has 0 amide bonds. The molecule has 8 heteroatoms. The molecule has 0 spiro atoms. The van der Waals surface area contributed by atoms with Crippen molar-refractivity contribution < 1.29 is 22.7 Å². The third-order valence-corrected chi connectivity index (χ3v) is 6.32. The molecule has 2 heterocycles. The van der Waals surface area contributed by atoms with Crippen LogP contribution in [0, 0.1) is 5.82 Å². The van der Waals surface area contributed by atoms with Gasteiger partial charge in [-0.3, -0.25) is 4.98 Å². The van der Waals surface area contributed by atoms with E-state index in [0.717, 1.165) is 37.9 Å². The van der Waals surface area contributed by atoms with E-state index in [1.54, 1.807) is 0 Å². The van der Waals surface area contributed by atoms with Gasteiger partial charge in [0.25, 0.3) is 0 Å². The minimum atomic E-state index is -3.85. The number of benzene rings is 1. The number of carbonyl (C=O) groups is 1. The summed E-state index contributed by atoms with van der Waals surface area (Å²) in [6.45, 7) is 0.803. The highest BCUT2D eigenvalue weighted by atomic mass is 32.2. The summed E-state index contributed by atoms with van der Waals surface area (Å²) < 4.78 is 41.5. The first-order valence-electron chi connectivity index (χ1n) is 8.38. The summed E-state index contributed by atoms with van der Waals surface area (Å²) in [6, 6.07) is 5.11. The Morgan fingerprint density at radius 3 is 2.42 bits per heavy atom. The first-order valence-corrected chi connectivity index (χ1v) is 9.82. The minimum absolute atomic E-state index is 0.107. The van der Waals surface area contributed by atoms with Gasteiger partial charge in [-0.2, -0.15) is 4.31 Å². The number of rotatable bonds is 4. The van der Waals surface area contributed by atoms with E-state index in [1.165, 1.54) is 28.7 Å². The number of sulfonamides is 1. The van der Waals surface area contributed by atoms with Gasteiger partial charge in [0, 0.05) is 24.8 Å². The lowest BCUT2D eigenvalue weighted by molar-refractivity contribution is 0.0696. The fourth-order valence-electron chi connectivity index (χ4n) is 3.07. The quantitative estimate of drug-likeness (QED) is 0.883. The topological polar surface area (TPSA) is 87.6 Å². The van der Waals surface area contributed by atoms with Gasteiger partial charge in [0.05, 0.1) is 16.7 Å². The van der Waals surface area contributed by atoms with Crippen molar-refractivity contribution in [3.63, 3.8) is 0 Å². The van der Waals surface area contributed by atoms with Gasteiger partial charge >= 0.3 is 5.97 Å². The standard InChI is InChI=1S/C18H19FN2O4S/c19-17-12-20-6-5-16(17)13-9-14(18(22)23)11-15(10-13)26(24,25)21-7-3-1-2-4-8-21/h5-6,9-12H,1-4,7-8H2,(H,22,23). The molecule has 0 saturated carbocycles. The van der Waals surface area contributed by atoms with Gasteiger partial charge < -0.3 is 5.11 Å². The van der Waals surface area contributed by atoms with Crippen LogP contribution in [-0.2, 0) is 10.0 Å². The highest BCUT2D eigenvalue weighted by Gasteiger charge is 2.27. The van der Waals surface area contributed by atoms with Crippen LogP contribution in [-0.4, -0.2) is 41.9 Å². The molecule has 1 saturated heterocycles. The Bertz CT molecular complexity index is 923. The maximum atomic E-state index is 14.1. The first kappa shape index (κ1) is 18.5. The number of carboxylic acids is 1. The fraction of sp³-hybridized carbons (Fsp3) is 0.333. The Labute approximate surface area is 151 Å². The van der Waals surface area contributed by atoms with Gasteiger partial charge in [0.15, 0.2) is 0 Å². The fourth-order valence-corrected chi connectivity index (χ4v) is 4.66. The molecular formula is C18H19FN2O4S. The van der Waals surface area contributed by atoms with Crippen LogP contribution in [0.15, 0.2) is 41.6 Å². The van der Waals surface area contributed by atoms with Crippen molar-refractivity contribution >= 4 is 16.0 Å². The number of aromatic nitrogens is 1. The van der Waals surface area contributed by atoms with E-state index >= 15 is 0 Å². The van der Waals surface area contributed by atoms with Crippen molar-refractivity contribution in [2.24, 2.45) is 0 Å². The lowest BCUT2D eigenvalue weighted by atomic mass is 10.0. The predicted octanol–water partition coefficient (Wildman–Crippen LogP) is 3.15. The van der Waals surface area contributed by atoms with Gasteiger partial charge in [0.1, 0.15) is 5.82 Å². The molecule has 1 aliphatic rings. The van der Waals surface area contributed by atoms with Crippen LogP contribution in [0.4, 0.5) is 4.39 Å². The molecule has 0 unspecified atom stereocenters. The number of pyridine rings is 1. The van der Waals surface area contributed by atoms with Gasteiger partial charge in [0.2, 0.25) is 10.0 Å². The largest absolute Gasteiger partial charge is 0.478 e. The number of nitrogens with zero attached hydrogens (tertiary/aromatic N) is 2. The van der Waals surface area contributed by atoms with Crippen molar-refractivity contribution in [3.05, 3.63) is 48.0 Å². The molecule has 26 heavy (non-hydrogen) atoms. The Hall–Kier alpha value is -2.32. The lowest BCUT2D eigenvalue weighted by Gasteiger charge is -2.20. The van der Waals surface area contributed by atoms with Crippen LogP contribution in [0.3, 0.4) is 0 Å². The Balaban J connectivity index is 2.12. The van der Waals surface area contributed by atoms with E-state index in [4.69, 9.17) is 0 Å². The number of aromatic carboxylic acids is 1. The number of halogens is 1. The summed E-state index contributed by atoms with van der Waals surface area (Å²) in [5, 5.41) is 9.36. The van der Waals surface area contributed by atoms with Gasteiger partial charge in [-0.25, -0.2) is 17.6 Å². The normalized spacial score (nSPS) is 16.2. The smallest absolute Gasteiger partial charge is 0.335 e. The van der Waals surface area contributed by atoms with E-state index in [-0.39, 0.29) is 21.6 Å². The van der Waals surface area contributed by atoms with Crippen LogP contribution in [0.25, 0.3) is 11.1 Å². The summed E-state index contributed by atoms with van der Waals surface area (Å²) in [4.78, 5) is 15.0. The monoisotopic (exact) mass is 378 g/mol. The molecule has 0 bridgehead atoms. The summed E-state index contributed by atoms with van der Waals surface area (Å²) >= 11 is 0. The van der Waals surface area contributed by atoms with Crippen LogP contribution in [0.5, 0.6) is 0 Å². The Morgan fingerprint density at radius 1 is 1.12 bits per heavy atom. The second kappa shape index (κ2) is 7.51. The van der Waals surface area contributed by atoms with Crippen molar-refractivity contribution in [3.8, 4) is 11.1 Å². The molecule has 2 aromatic rings. The maximum Gasteiger partial charge on any atom is 0.335 e. The van der Waals surface area contributed by atoms with Crippen LogP contribution in [0.2, 0.25) is 0 Å². The van der Waals surface area contributed by atoms with Crippen molar-refractivity contribution in [2.75, 3.05) is 13.1 Å². The van der Waals surface area contributed by atoms with Crippen molar-refractivity contribution in [1.82, 2.24) is 9.29 Å². The van der Waals surface area contributed by atoms with E-state index in [2.05, 4.69) is 4.98 Å². The van der Waals surface area contributed by atoms with E-state index in [0.29, 0.717) is 13.1 Å². The van der Waals surface area contributed by atoms with E-state index in [1.807, 2.05) is 0 Å². The zero-order valence-electron chi connectivity index (χ0n) is 14.1. The molecule has 1 aromatic heterocycles. The first-order chi connectivity index (χ1) is 12.4. The zero-order chi connectivity index (χ0) is 18.7. The number of hydrogen-bond acceptors (Lipinski definition) is 4. The number of carboxylic acid groups (broad SMARTS) is 1.